The predicted octanol–water partition coefficient (Wildman–Crippen LogP) is 0.532. The van der Waals surface area contributed by atoms with Crippen LogP contribution in [0.5, 0.6) is 0 Å². The van der Waals surface area contributed by atoms with Crippen LogP contribution < -0.4 is 0 Å². The Morgan fingerprint density at radius 3 is 1.50 bits per heavy atom. The van der Waals surface area contributed by atoms with Gasteiger partial charge in [-0.3, -0.25) is 14.4 Å². The summed E-state index contributed by atoms with van der Waals surface area (Å²) in [5, 5.41) is 0. The second-order valence-electron chi connectivity index (χ2n) is 4.48. The van der Waals surface area contributed by atoms with Crippen LogP contribution in [0.3, 0.4) is 0 Å². The van der Waals surface area contributed by atoms with E-state index < -0.39 is 36.1 Å². The highest BCUT2D eigenvalue weighted by atomic mass is 16.6. The Morgan fingerprint density at radius 2 is 1.18 bits per heavy atom. The van der Waals surface area contributed by atoms with Crippen molar-refractivity contribution < 1.29 is 38.1 Å². The molecule has 0 bridgehead atoms. The van der Waals surface area contributed by atoms with Crippen LogP contribution in [0.25, 0.3) is 0 Å². The number of rotatable bonds is 8. The number of carbonyl (C=O) groups is 4. The SMILES string of the molecule is C=C(C)C(=O)OC(COC(C)=O)C(COC(C)=O)OC(C)=O. The molecule has 8 heteroatoms. The molecule has 0 aromatic carbocycles. The molecule has 0 saturated heterocycles. The number of hydrogen-bond donors (Lipinski definition) is 0. The zero-order chi connectivity index (χ0) is 17.3. The Balaban J connectivity index is 5.07. The van der Waals surface area contributed by atoms with Crippen molar-refractivity contribution in [3.8, 4) is 0 Å². The molecule has 0 saturated carbocycles. The summed E-state index contributed by atoms with van der Waals surface area (Å²) in [5.41, 5.74) is 0.113. The maximum Gasteiger partial charge on any atom is 0.333 e. The van der Waals surface area contributed by atoms with E-state index in [9.17, 15) is 19.2 Å². The zero-order valence-corrected chi connectivity index (χ0v) is 13.0. The molecule has 0 aromatic heterocycles. The van der Waals surface area contributed by atoms with Crippen LogP contribution in [0.2, 0.25) is 0 Å². The van der Waals surface area contributed by atoms with Gasteiger partial charge in [0.2, 0.25) is 0 Å². The van der Waals surface area contributed by atoms with Crippen molar-refractivity contribution >= 4 is 23.9 Å². The van der Waals surface area contributed by atoms with Crippen LogP contribution in [-0.2, 0) is 38.1 Å². The fourth-order valence-electron chi connectivity index (χ4n) is 1.28. The topological polar surface area (TPSA) is 105 Å². The van der Waals surface area contributed by atoms with Gasteiger partial charge in [-0.25, -0.2) is 4.79 Å². The molecule has 0 radical (unpaired) electrons. The van der Waals surface area contributed by atoms with Crippen LogP contribution in [0.15, 0.2) is 12.2 Å². The van der Waals surface area contributed by atoms with Crippen LogP contribution in [0.1, 0.15) is 27.7 Å². The minimum atomic E-state index is -1.13. The van der Waals surface area contributed by atoms with E-state index in [1.54, 1.807) is 0 Å². The molecule has 0 aliphatic carbocycles. The van der Waals surface area contributed by atoms with E-state index in [1.165, 1.54) is 20.8 Å². The van der Waals surface area contributed by atoms with Crippen LogP contribution in [0.4, 0.5) is 0 Å². The maximum atomic E-state index is 11.6. The van der Waals surface area contributed by atoms with E-state index in [-0.39, 0.29) is 18.8 Å². The highest BCUT2D eigenvalue weighted by Gasteiger charge is 2.30. The average molecular weight is 316 g/mol. The van der Waals surface area contributed by atoms with Gasteiger partial charge in [0.15, 0.2) is 12.2 Å². The molecule has 8 nitrogen and oxygen atoms in total. The maximum absolute atomic E-state index is 11.6. The van der Waals surface area contributed by atoms with Gasteiger partial charge in [0.05, 0.1) is 0 Å². The third-order valence-electron chi connectivity index (χ3n) is 2.24. The Bertz CT molecular complexity index is 454. The van der Waals surface area contributed by atoms with Crippen molar-refractivity contribution in [1.82, 2.24) is 0 Å². The average Bonchev–Trinajstić information content (AvgIpc) is 2.38. The van der Waals surface area contributed by atoms with Gasteiger partial charge >= 0.3 is 23.9 Å². The Kier molecular flexibility index (Phi) is 8.51. The van der Waals surface area contributed by atoms with Crippen LogP contribution >= 0.6 is 0 Å². The molecule has 22 heavy (non-hydrogen) atoms. The van der Waals surface area contributed by atoms with Gasteiger partial charge in [-0.2, -0.15) is 0 Å². The van der Waals surface area contributed by atoms with Gasteiger partial charge in [-0.1, -0.05) is 6.58 Å². The summed E-state index contributed by atoms with van der Waals surface area (Å²) < 4.78 is 19.6. The molecule has 124 valence electrons. The summed E-state index contributed by atoms with van der Waals surface area (Å²) in [6.45, 7) is 7.64. The molecule has 0 aliphatic rings. The van der Waals surface area contributed by atoms with Crippen molar-refractivity contribution in [2.45, 2.75) is 39.9 Å². The number of carbonyl (C=O) groups excluding carboxylic acids is 4. The van der Waals surface area contributed by atoms with E-state index in [2.05, 4.69) is 6.58 Å². The molecule has 2 unspecified atom stereocenters. The number of esters is 4. The predicted molar refractivity (Wildman–Crippen MR) is 73.5 cm³/mol. The fourth-order valence-corrected chi connectivity index (χ4v) is 1.28. The van der Waals surface area contributed by atoms with E-state index in [0.717, 1.165) is 6.92 Å². The third kappa shape index (κ3) is 8.72. The molecule has 0 aliphatic heterocycles. The summed E-state index contributed by atoms with van der Waals surface area (Å²) in [4.78, 5) is 44.5. The summed E-state index contributed by atoms with van der Waals surface area (Å²) in [6.07, 6.45) is -2.24. The molecule has 0 aromatic rings. The molecule has 0 fully saturated rings. The molecule has 2 atom stereocenters. The van der Waals surface area contributed by atoms with E-state index in [4.69, 9.17) is 18.9 Å². The molecular weight excluding hydrogens is 296 g/mol. The van der Waals surface area contributed by atoms with E-state index >= 15 is 0 Å². The summed E-state index contributed by atoms with van der Waals surface area (Å²) in [7, 11) is 0. The van der Waals surface area contributed by atoms with Gasteiger partial charge in [-0.05, 0) is 6.92 Å². The minimum absolute atomic E-state index is 0.113. The van der Waals surface area contributed by atoms with Crippen molar-refractivity contribution in [1.29, 1.82) is 0 Å². The number of ether oxygens (including phenoxy) is 4. The summed E-state index contributed by atoms with van der Waals surface area (Å²) in [5.74, 6) is -2.63. The van der Waals surface area contributed by atoms with Gasteiger partial charge < -0.3 is 18.9 Å². The van der Waals surface area contributed by atoms with Gasteiger partial charge in [0.25, 0.3) is 0 Å². The number of hydrogen-bond acceptors (Lipinski definition) is 8. The van der Waals surface area contributed by atoms with E-state index in [0.29, 0.717) is 0 Å². The first-order chi connectivity index (χ1) is 10.1. The van der Waals surface area contributed by atoms with Crippen molar-refractivity contribution in [3.63, 3.8) is 0 Å². The smallest absolute Gasteiger partial charge is 0.333 e. The van der Waals surface area contributed by atoms with Crippen molar-refractivity contribution in [3.05, 3.63) is 12.2 Å². The summed E-state index contributed by atoms with van der Waals surface area (Å²) >= 11 is 0. The molecule has 0 N–H and O–H groups in total. The highest BCUT2D eigenvalue weighted by Crippen LogP contribution is 2.10. The molecule has 0 heterocycles. The van der Waals surface area contributed by atoms with Gasteiger partial charge in [0.1, 0.15) is 13.2 Å². The van der Waals surface area contributed by atoms with Crippen molar-refractivity contribution in [2.75, 3.05) is 13.2 Å². The Morgan fingerprint density at radius 1 is 0.773 bits per heavy atom. The second-order valence-corrected chi connectivity index (χ2v) is 4.48. The first kappa shape index (κ1) is 19.6. The minimum Gasteiger partial charge on any atom is -0.462 e. The Labute approximate surface area is 128 Å². The highest BCUT2D eigenvalue weighted by molar-refractivity contribution is 5.87. The van der Waals surface area contributed by atoms with E-state index in [1.807, 2.05) is 0 Å². The third-order valence-corrected chi connectivity index (χ3v) is 2.24. The second kappa shape index (κ2) is 9.54. The lowest BCUT2D eigenvalue weighted by molar-refractivity contribution is -0.178. The molecule has 0 spiro atoms. The first-order valence-corrected chi connectivity index (χ1v) is 6.44. The van der Waals surface area contributed by atoms with Crippen LogP contribution in [-0.4, -0.2) is 49.3 Å². The molecule has 0 amide bonds. The quantitative estimate of drug-likeness (QED) is 0.363. The van der Waals surface area contributed by atoms with Gasteiger partial charge in [-0.15, -0.1) is 0 Å². The largest absolute Gasteiger partial charge is 0.462 e. The fraction of sp³-hybridized carbons (Fsp3) is 0.571. The summed E-state index contributed by atoms with van der Waals surface area (Å²) in [6, 6.07) is 0. The first-order valence-electron chi connectivity index (χ1n) is 6.44. The standard InChI is InChI=1S/C14H20O8/c1-8(2)14(18)22-13(7-20-10(4)16)12(21-11(5)17)6-19-9(3)15/h12-13H,1,6-7H2,2-5H3. The monoisotopic (exact) mass is 316 g/mol. The lowest BCUT2D eigenvalue weighted by Crippen LogP contribution is -2.42. The van der Waals surface area contributed by atoms with Crippen molar-refractivity contribution in [2.24, 2.45) is 0 Å². The lowest BCUT2D eigenvalue weighted by atomic mass is 10.2. The Hall–Kier alpha value is -2.38. The van der Waals surface area contributed by atoms with Gasteiger partial charge in [0, 0.05) is 26.3 Å². The normalized spacial score (nSPS) is 12.5. The molecular formula is C14H20O8. The lowest BCUT2D eigenvalue weighted by Gasteiger charge is -2.25. The molecule has 0 rings (SSSR count). The van der Waals surface area contributed by atoms with Crippen LogP contribution in [0, 0.1) is 0 Å². The zero-order valence-electron chi connectivity index (χ0n) is 13.0.